The summed E-state index contributed by atoms with van der Waals surface area (Å²) in [5.41, 5.74) is 9.31. The lowest BCUT2D eigenvalue weighted by molar-refractivity contribution is -0.141. The molecule has 3 heterocycles. The van der Waals surface area contributed by atoms with Crippen molar-refractivity contribution in [3.05, 3.63) is 40.7 Å². The topological polar surface area (TPSA) is 98.0 Å². The van der Waals surface area contributed by atoms with Crippen LogP contribution in [0.25, 0.3) is 4.85 Å². The van der Waals surface area contributed by atoms with Crippen LogP contribution in [0.2, 0.25) is 0 Å². The Bertz CT molecular complexity index is 1090. The molecule has 5 aliphatic rings. The third-order valence-corrected chi connectivity index (χ3v) is 8.21. The first-order valence-corrected chi connectivity index (χ1v) is 11.5. The lowest BCUT2D eigenvalue weighted by Gasteiger charge is -2.38. The number of aryl methyl sites for hydroxylation is 1. The van der Waals surface area contributed by atoms with E-state index in [1.165, 1.54) is 11.1 Å². The zero-order chi connectivity index (χ0) is 22.1. The largest absolute Gasteiger partial charge is 0.330 e. The number of amides is 2. The maximum Gasteiger partial charge on any atom is 0.242 e. The summed E-state index contributed by atoms with van der Waals surface area (Å²) in [5.74, 6) is 0.453. The molecular weight excluding hydrogens is 404 g/mol. The smallest absolute Gasteiger partial charge is 0.242 e. The van der Waals surface area contributed by atoms with Crippen molar-refractivity contribution in [3.63, 3.8) is 0 Å². The van der Waals surface area contributed by atoms with Gasteiger partial charge >= 0.3 is 0 Å². The summed E-state index contributed by atoms with van der Waals surface area (Å²) in [6.45, 7) is 8.32. The zero-order valence-electron chi connectivity index (χ0n) is 17.9. The second-order valence-electron chi connectivity index (χ2n) is 9.95. The molecule has 1 aromatic carbocycles. The Morgan fingerprint density at radius 2 is 2.16 bits per heavy atom. The molecule has 0 radical (unpaired) electrons. The zero-order valence-corrected chi connectivity index (χ0v) is 17.9. The summed E-state index contributed by atoms with van der Waals surface area (Å²) in [4.78, 5) is 35.7. The van der Waals surface area contributed by atoms with E-state index in [0.717, 1.165) is 38.6 Å². The van der Waals surface area contributed by atoms with Gasteiger partial charge in [-0.15, -0.1) is 0 Å². The fourth-order valence-electron chi connectivity index (χ4n) is 6.65. The fourth-order valence-corrected chi connectivity index (χ4v) is 6.65. The Labute approximate surface area is 187 Å². The van der Waals surface area contributed by atoms with E-state index < -0.39 is 6.04 Å². The Balaban J connectivity index is 1.13. The van der Waals surface area contributed by atoms with E-state index in [9.17, 15) is 14.9 Å². The van der Waals surface area contributed by atoms with Crippen molar-refractivity contribution in [3.8, 4) is 6.07 Å². The molecule has 2 bridgehead atoms. The van der Waals surface area contributed by atoms with Crippen LogP contribution in [0.3, 0.4) is 0 Å². The van der Waals surface area contributed by atoms with Crippen molar-refractivity contribution in [2.45, 2.75) is 68.4 Å². The van der Waals surface area contributed by atoms with Crippen molar-refractivity contribution >= 4 is 17.5 Å². The van der Waals surface area contributed by atoms with Crippen LogP contribution in [0.1, 0.15) is 42.9 Å². The second-order valence-corrected chi connectivity index (χ2v) is 9.95. The number of nitrogens with zero attached hydrogens (tertiary/aromatic N) is 5. The van der Waals surface area contributed by atoms with Crippen molar-refractivity contribution < 1.29 is 9.59 Å². The number of likely N-dealkylation sites (tertiary alicyclic amines) is 3. The molecule has 7 atom stereocenters. The van der Waals surface area contributed by atoms with Crippen LogP contribution in [0, 0.1) is 23.8 Å². The van der Waals surface area contributed by atoms with Crippen LogP contribution in [-0.2, 0) is 16.0 Å². The third-order valence-electron chi connectivity index (χ3n) is 8.21. The van der Waals surface area contributed by atoms with Gasteiger partial charge in [0.1, 0.15) is 6.04 Å². The molecule has 1 unspecified atom stereocenters. The van der Waals surface area contributed by atoms with E-state index in [2.05, 4.69) is 20.7 Å². The lowest BCUT2D eigenvalue weighted by Crippen LogP contribution is -2.57. The molecule has 4 fully saturated rings. The molecule has 1 aromatic rings. The average molecular weight is 431 g/mol. The van der Waals surface area contributed by atoms with Crippen LogP contribution >= 0.6 is 0 Å². The monoisotopic (exact) mass is 430 g/mol. The molecule has 2 N–H and O–H groups in total. The molecule has 0 spiro atoms. The summed E-state index contributed by atoms with van der Waals surface area (Å²) in [5, 5.41) is 9.38. The molecule has 8 nitrogen and oxygen atoms in total. The van der Waals surface area contributed by atoms with Crippen molar-refractivity contribution in [1.82, 2.24) is 14.7 Å². The Morgan fingerprint density at radius 1 is 1.31 bits per heavy atom. The second kappa shape index (κ2) is 7.03. The minimum absolute atomic E-state index is 0.0810. The van der Waals surface area contributed by atoms with Gasteiger partial charge in [0.2, 0.25) is 11.8 Å². The number of hydrogen-bond acceptors (Lipinski definition) is 5. The van der Waals surface area contributed by atoms with Crippen LogP contribution in [0.5, 0.6) is 0 Å². The molecule has 0 aromatic heterocycles. The van der Waals surface area contributed by atoms with Gasteiger partial charge in [-0.2, -0.15) is 5.26 Å². The van der Waals surface area contributed by atoms with E-state index >= 15 is 0 Å². The minimum atomic E-state index is -0.704. The van der Waals surface area contributed by atoms with Gasteiger partial charge in [-0.3, -0.25) is 14.5 Å². The molecule has 6 rings (SSSR count). The maximum absolute atomic E-state index is 13.3. The molecule has 32 heavy (non-hydrogen) atoms. The number of rotatable bonds is 4. The number of piperazine rings is 1. The van der Waals surface area contributed by atoms with Gasteiger partial charge in [0.05, 0.1) is 30.8 Å². The van der Waals surface area contributed by atoms with Crippen LogP contribution in [0.15, 0.2) is 18.2 Å². The number of carbonyl (C=O) groups is 2. The van der Waals surface area contributed by atoms with Crippen LogP contribution < -0.4 is 5.73 Å². The Morgan fingerprint density at radius 3 is 2.91 bits per heavy atom. The van der Waals surface area contributed by atoms with Crippen LogP contribution in [-0.4, -0.2) is 69.8 Å². The highest BCUT2D eigenvalue weighted by Gasteiger charge is 2.56. The molecule has 164 valence electrons. The SMILES string of the molecule is [C-]#[N+]c1ccc2c(c1)CC[C@H]2N1C(=O)[C@@H]2C[C@H]1CN2C[C@H](N)C(=O)N1[C@H](C#N)CC2C[C@@H]21. The fraction of sp³-hybridized carbons (Fsp3) is 0.583. The number of piperidine rings is 1. The number of benzene rings is 1. The van der Waals surface area contributed by atoms with Crippen molar-refractivity contribution in [2.24, 2.45) is 11.7 Å². The first-order chi connectivity index (χ1) is 15.5. The van der Waals surface area contributed by atoms with Gasteiger partial charge in [-0.1, -0.05) is 23.8 Å². The van der Waals surface area contributed by atoms with Crippen molar-refractivity contribution in [1.29, 1.82) is 5.26 Å². The van der Waals surface area contributed by atoms with E-state index in [4.69, 9.17) is 12.3 Å². The maximum atomic E-state index is 13.3. The highest BCUT2D eigenvalue weighted by Crippen LogP contribution is 2.48. The van der Waals surface area contributed by atoms with Gasteiger partial charge in [0.15, 0.2) is 5.69 Å². The molecule has 3 saturated heterocycles. The van der Waals surface area contributed by atoms with Gasteiger partial charge in [0.25, 0.3) is 0 Å². The quantitative estimate of drug-likeness (QED) is 0.727. The predicted octanol–water partition coefficient (Wildman–Crippen LogP) is 1.35. The highest BCUT2D eigenvalue weighted by atomic mass is 16.2. The summed E-state index contributed by atoms with van der Waals surface area (Å²) >= 11 is 0. The van der Waals surface area contributed by atoms with E-state index in [1.54, 1.807) is 4.90 Å². The molecule has 1 saturated carbocycles. The number of nitriles is 1. The van der Waals surface area contributed by atoms with Crippen LogP contribution in [0.4, 0.5) is 5.69 Å². The summed E-state index contributed by atoms with van der Waals surface area (Å²) in [6.07, 6.45) is 4.32. The Kier molecular flexibility index (Phi) is 4.33. The molecule has 2 aliphatic carbocycles. The third kappa shape index (κ3) is 2.80. The number of fused-ring (bicyclic) bond motifs is 4. The number of hydrogen-bond donors (Lipinski definition) is 1. The standard InChI is InChI=1S/C24H26N6O2/c1-27-15-3-4-18-13(6-15)2-5-20(18)30-17-9-22(24(30)32)28(11-17)12-19(26)23(31)29-16(10-25)7-14-8-21(14)29/h3-4,6,14,16-17,19-22H,2,5,7-9,11-12,26H2/t14?,16-,17-,19-,20+,21-,22-/m0/s1. The van der Waals surface area contributed by atoms with Gasteiger partial charge in [-0.05, 0) is 43.6 Å². The number of carbonyl (C=O) groups excluding carboxylic acids is 2. The van der Waals surface area contributed by atoms with E-state index in [-0.39, 0.29) is 42.0 Å². The summed E-state index contributed by atoms with van der Waals surface area (Å²) in [6, 6.07) is 7.20. The molecule has 2 amide bonds. The summed E-state index contributed by atoms with van der Waals surface area (Å²) < 4.78 is 0. The first-order valence-electron chi connectivity index (χ1n) is 11.5. The highest BCUT2D eigenvalue weighted by molar-refractivity contribution is 5.87. The normalized spacial score (nSPS) is 35.4. The van der Waals surface area contributed by atoms with E-state index in [1.807, 2.05) is 18.2 Å². The molecule has 8 heteroatoms. The number of nitrogens with two attached hydrogens (primary N) is 1. The minimum Gasteiger partial charge on any atom is -0.330 e. The Hall–Kier alpha value is -2.94. The average Bonchev–Trinajstić information content (AvgIpc) is 3.14. The first kappa shape index (κ1) is 19.7. The predicted molar refractivity (Wildman–Crippen MR) is 115 cm³/mol. The van der Waals surface area contributed by atoms with Crippen molar-refractivity contribution in [2.75, 3.05) is 13.1 Å². The van der Waals surface area contributed by atoms with Gasteiger partial charge in [-0.25, -0.2) is 4.85 Å². The summed E-state index contributed by atoms with van der Waals surface area (Å²) in [7, 11) is 0. The molecular formula is C24H26N6O2. The van der Waals surface area contributed by atoms with Gasteiger partial charge < -0.3 is 15.5 Å². The molecule has 3 aliphatic heterocycles. The van der Waals surface area contributed by atoms with Gasteiger partial charge in [0, 0.05) is 25.2 Å². The lowest BCUT2D eigenvalue weighted by atomic mass is 10.0. The van der Waals surface area contributed by atoms with E-state index in [0.29, 0.717) is 18.2 Å².